The summed E-state index contributed by atoms with van der Waals surface area (Å²) in [7, 11) is -1.80. The third-order valence-corrected chi connectivity index (χ3v) is 6.13. The van der Waals surface area contributed by atoms with Crippen LogP contribution < -0.4 is 4.72 Å². The quantitative estimate of drug-likeness (QED) is 0.749. The third-order valence-electron chi connectivity index (χ3n) is 4.74. The predicted molar refractivity (Wildman–Crippen MR) is 92.5 cm³/mol. The van der Waals surface area contributed by atoms with Gasteiger partial charge in [0.1, 0.15) is 10.7 Å². The van der Waals surface area contributed by atoms with Crippen LogP contribution in [-0.2, 0) is 30.0 Å². The number of imidazole rings is 1. The van der Waals surface area contributed by atoms with Crippen molar-refractivity contribution in [2.75, 3.05) is 6.54 Å². The van der Waals surface area contributed by atoms with Gasteiger partial charge in [0.15, 0.2) is 5.65 Å². The molecule has 4 rings (SSSR count). The van der Waals surface area contributed by atoms with Gasteiger partial charge in [-0.2, -0.15) is 5.10 Å². The molecule has 1 unspecified atom stereocenters. The van der Waals surface area contributed by atoms with Gasteiger partial charge in [-0.3, -0.25) is 4.68 Å². The van der Waals surface area contributed by atoms with Gasteiger partial charge >= 0.3 is 0 Å². The number of sulfonamides is 1. The zero-order valence-corrected chi connectivity index (χ0v) is 15.0. The maximum absolute atomic E-state index is 12.6. The lowest BCUT2D eigenvalue weighted by Crippen LogP contribution is -2.33. The van der Waals surface area contributed by atoms with E-state index in [1.54, 1.807) is 24.0 Å². The minimum Gasteiger partial charge on any atom is -0.335 e. The van der Waals surface area contributed by atoms with Crippen LogP contribution in [0.4, 0.5) is 0 Å². The fourth-order valence-corrected chi connectivity index (χ4v) is 4.44. The van der Waals surface area contributed by atoms with Crippen LogP contribution in [0.2, 0.25) is 0 Å². The molecular weight excluding hydrogens is 340 g/mol. The zero-order valence-electron chi connectivity index (χ0n) is 14.2. The van der Waals surface area contributed by atoms with Crippen LogP contribution in [0.15, 0.2) is 29.6 Å². The average Bonchev–Trinajstić information content (AvgIpc) is 3.17. The fourth-order valence-electron chi connectivity index (χ4n) is 3.35. The van der Waals surface area contributed by atoms with Gasteiger partial charge in [0.05, 0.1) is 5.69 Å². The number of aryl methyl sites for hydroxylation is 3. The molecule has 1 atom stereocenters. The van der Waals surface area contributed by atoms with E-state index in [2.05, 4.69) is 24.4 Å². The van der Waals surface area contributed by atoms with Crippen molar-refractivity contribution in [2.24, 2.45) is 13.0 Å². The van der Waals surface area contributed by atoms with E-state index in [0.717, 1.165) is 36.3 Å². The molecule has 4 heterocycles. The highest BCUT2D eigenvalue weighted by Crippen LogP contribution is 2.21. The number of pyridine rings is 1. The number of nitrogens with zero attached hydrogens (tertiary/aromatic N) is 5. The molecule has 1 N–H and O–H groups in total. The first-order valence-corrected chi connectivity index (χ1v) is 9.71. The topological polar surface area (TPSA) is 94.7 Å². The molecule has 3 aromatic heterocycles. The minimum atomic E-state index is -3.60. The summed E-state index contributed by atoms with van der Waals surface area (Å²) in [6, 6.07) is 1.64. The molecule has 0 aromatic carbocycles. The van der Waals surface area contributed by atoms with Gasteiger partial charge in [-0.1, -0.05) is 0 Å². The lowest BCUT2D eigenvalue weighted by molar-refractivity contribution is 0.363. The highest BCUT2D eigenvalue weighted by molar-refractivity contribution is 7.89. The van der Waals surface area contributed by atoms with Crippen molar-refractivity contribution >= 4 is 21.1 Å². The van der Waals surface area contributed by atoms with E-state index >= 15 is 0 Å². The number of nitrogens with one attached hydrogen (secondary N) is 1. The first-order chi connectivity index (χ1) is 11.9. The molecule has 0 radical (unpaired) electrons. The van der Waals surface area contributed by atoms with Gasteiger partial charge in [0.25, 0.3) is 0 Å². The molecule has 0 fully saturated rings. The van der Waals surface area contributed by atoms with Crippen molar-refractivity contribution in [1.82, 2.24) is 29.0 Å². The van der Waals surface area contributed by atoms with Gasteiger partial charge in [0, 0.05) is 50.5 Å². The normalized spacial score (nSPS) is 17.8. The highest BCUT2D eigenvalue weighted by Gasteiger charge is 2.22. The number of fused-ring (bicyclic) bond motifs is 2. The summed E-state index contributed by atoms with van der Waals surface area (Å²) >= 11 is 0. The molecule has 0 saturated heterocycles. The fraction of sp³-hybridized carbons (Fsp3) is 0.438. The summed E-state index contributed by atoms with van der Waals surface area (Å²) in [6.07, 6.45) is 6.93. The lowest BCUT2D eigenvalue weighted by Gasteiger charge is -2.23. The van der Waals surface area contributed by atoms with Crippen LogP contribution in [0.1, 0.15) is 17.9 Å². The molecule has 0 aliphatic carbocycles. The third kappa shape index (κ3) is 2.93. The van der Waals surface area contributed by atoms with E-state index < -0.39 is 10.0 Å². The van der Waals surface area contributed by atoms with Crippen molar-refractivity contribution in [3.8, 4) is 0 Å². The van der Waals surface area contributed by atoms with Gasteiger partial charge in [0.2, 0.25) is 10.0 Å². The van der Waals surface area contributed by atoms with Gasteiger partial charge < -0.3 is 4.57 Å². The highest BCUT2D eigenvalue weighted by atomic mass is 32.2. The Bertz CT molecular complexity index is 1040. The Morgan fingerprint density at radius 1 is 1.36 bits per heavy atom. The molecule has 0 spiro atoms. The molecule has 1 aliphatic heterocycles. The maximum Gasteiger partial charge on any atom is 0.242 e. The Morgan fingerprint density at radius 3 is 3.04 bits per heavy atom. The summed E-state index contributed by atoms with van der Waals surface area (Å²) in [5, 5.41) is 5.03. The molecule has 0 bridgehead atoms. The summed E-state index contributed by atoms with van der Waals surface area (Å²) in [6.45, 7) is 3.04. The van der Waals surface area contributed by atoms with Crippen molar-refractivity contribution in [3.05, 3.63) is 36.2 Å². The van der Waals surface area contributed by atoms with Gasteiger partial charge in [-0.05, 0) is 25.3 Å². The number of rotatable bonds is 4. The predicted octanol–water partition coefficient (Wildman–Crippen LogP) is 1.01. The molecule has 8 nitrogen and oxygen atoms in total. The van der Waals surface area contributed by atoms with Crippen LogP contribution >= 0.6 is 0 Å². The second kappa shape index (κ2) is 5.92. The Hall–Kier alpha value is -2.26. The van der Waals surface area contributed by atoms with Crippen LogP contribution in [0, 0.1) is 12.8 Å². The molecule has 1 aliphatic rings. The molecule has 3 aromatic rings. The van der Waals surface area contributed by atoms with E-state index in [1.807, 2.05) is 13.1 Å². The monoisotopic (exact) mass is 360 g/mol. The van der Waals surface area contributed by atoms with Crippen molar-refractivity contribution in [2.45, 2.75) is 31.2 Å². The SMILES string of the molecule is Cc1nn(C)c2ncc(S(=O)(=O)NCC3CCc4nccn4C3)cc12. The van der Waals surface area contributed by atoms with Crippen molar-refractivity contribution in [3.63, 3.8) is 0 Å². The Kier molecular flexibility index (Phi) is 3.84. The minimum absolute atomic E-state index is 0.176. The molecule has 132 valence electrons. The number of hydrogen-bond acceptors (Lipinski definition) is 5. The Labute approximate surface area is 145 Å². The van der Waals surface area contributed by atoms with E-state index in [1.165, 1.54) is 6.20 Å². The number of hydrogen-bond donors (Lipinski definition) is 1. The summed E-state index contributed by atoms with van der Waals surface area (Å²) < 4.78 is 31.7. The van der Waals surface area contributed by atoms with Crippen molar-refractivity contribution < 1.29 is 8.42 Å². The van der Waals surface area contributed by atoms with Crippen LogP contribution in [-0.4, -0.2) is 39.3 Å². The second-order valence-electron chi connectivity index (χ2n) is 6.50. The van der Waals surface area contributed by atoms with E-state index in [-0.39, 0.29) is 10.8 Å². The smallest absolute Gasteiger partial charge is 0.242 e. The molecule has 0 saturated carbocycles. The molecular formula is C16H20N6O2S. The van der Waals surface area contributed by atoms with Crippen LogP contribution in [0.5, 0.6) is 0 Å². The summed E-state index contributed by atoms with van der Waals surface area (Å²) in [4.78, 5) is 8.73. The van der Waals surface area contributed by atoms with Crippen LogP contribution in [0.3, 0.4) is 0 Å². The second-order valence-corrected chi connectivity index (χ2v) is 8.27. The van der Waals surface area contributed by atoms with Crippen LogP contribution in [0.25, 0.3) is 11.0 Å². The van der Waals surface area contributed by atoms with E-state index in [9.17, 15) is 8.42 Å². The largest absolute Gasteiger partial charge is 0.335 e. The summed E-state index contributed by atoms with van der Waals surface area (Å²) in [5.41, 5.74) is 1.44. The number of aromatic nitrogens is 5. The Balaban J connectivity index is 1.51. The maximum atomic E-state index is 12.6. The first-order valence-electron chi connectivity index (χ1n) is 8.23. The van der Waals surface area contributed by atoms with E-state index in [4.69, 9.17) is 0 Å². The Morgan fingerprint density at radius 2 is 2.20 bits per heavy atom. The van der Waals surface area contributed by atoms with Gasteiger partial charge in [-0.15, -0.1) is 0 Å². The standard InChI is InChI=1S/C16H20N6O2S/c1-11-14-7-13(9-18-16(14)21(2)20-11)25(23,24)19-8-12-3-4-15-17-5-6-22(15)10-12/h5-7,9,12,19H,3-4,8,10H2,1-2H3. The summed E-state index contributed by atoms with van der Waals surface area (Å²) in [5.74, 6) is 1.33. The molecule has 9 heteroatoms. The van der Waals surface area contributed by atoms with Gasteiger partial charge in [-0.25, -0.2) is 23.1 Å². The lowest BCUT2D eigenvalue weighted by atomic mass is 10.00. The average molecular weight is 360 g/mol. The van der Waals surface area contributed by atoms with Crippen molar-refractivity contribution in [1.29, 1.82) is 0 Å². The zero-order chi connectivity index (χ0) is 17.6. The van der Waals surface area contributed by atoms with E-state index in [0.29, 0.717) is 12.2 Å². The first kappa shape index (κ1) is 16.2. The molecule has 0 amide bonds. The molecule has 25 heavy (non-hydrogen) atoms.